The second-order valence-electron chi connectivity index (χ2n) is 6.40. The smallest absolute Gasteiger partial charge is 0.262 e. The van der Waals surface area contributed by atoms with Gasteiger partial charge in [0.15, 0.2) is 0 Å². The highest BCUT2D eigenvalue weighted by molar-refractivity contribution is 5.95. The molecule has 0 spiro atoms. The summed E-state index contributed by atoms with van der Waals surface area (Å²) in [7, 11) is 0. The Morgan fingerprint density at radius 3 is 2.50 bits per heavy atom. The third-order valence-corrected chi connectivity index (χ3v) is 4.44. The molecule has 1 saturated heterocycles. The summed E-state index contributed by atoms with van der Waals surface area (Å²) in [5.41, 5.74) is 1.65. The van der Waals surface area contributed by atoms with Crippen LogP contribution in [0.15, 0.2) is 24.3 Å². The van der Waals surface area contributed by atoms with Crippen molar-refractivity contribution in [1.82, 2.24) is 5.32 Å². The minimum atomic E-state index is -2.80. The Balaban J connectivity index is 0.00000208. The highest BCUT2D eigenvalue weighted by atomic mass is 35.5. The minimum absolute atomic E-state index is 0. The van der Waals surface area contributed by atoms with E-state index >= 15 is 0 Å². The largest absolute Gasteiger partial charge is 0.374 e. The molecule has 0 aromatic heterocycles. The number of halogens is 3. The number of hydrogen-bond donors (Lipinski definition) is 2. The lowest BCUT2D eigenvalue weighted by atomic mass is 10.1. The van der Waals surface area contributed by atoms with Crippen LogP contribution >= 0.6 is 12.4 Å². The monoisotopic (exact) mass is 360 g/mol. The molecular weight excluding hydrogens is 338 g/mol. The van der Waals surface area contributed by atoms with E-state index in [1.807, 2.05) is 12.1 Å². The highest BCUT2D eigenvalue weighted by Crippen LogP contribution is 2.26. The third kappa shape index (κ3) is 5.13. The van der Waals surface area contributed by atoms with Crippen molar-refractivity contribution in [2.75, 3.05) is 11.9 Å². The van der Waals surface area contributed by atoms with E-state index in [9.17, 15) is 13.6 Å². The van der Waals surface area contributed by atoms with Crippen LogP contribution < -0.4 is 10.6 Å². The predicted molar refractivity (Wildman–Crippen MR) is 90.7 cm³/mol. The molecule has 1 aromatic carbocycles. The Hall–Kier alpha value is -1.24. The zero-order chi connectivity index (χ0) is 16.3. The van der Waals surface area contributed by atoms with Gasteiger partial charge in [0.05, 0.1) is 25.3 Å². The molecular formula is C17H23ClF2N2O2. The van der Waals surface area contributed by atoms with Crippen LogP contribution in [-0.4, -0.2) is 30.5 Å². The molecule has 2 N–H and O–H groups in total. The fourth-order valence-corrected chi connectivity index (χ4v) is 3.08. The third-order valence-electron chi connectivity index (χ3n) is 4.44. The number of hydrogen-bond acceptors (Lipinski definition) is 3. The summed E-state index contributed by atoms with van der Waals surface area (Å²) in [4.78, 5) is 12.0. The Labute approximate surface area is 146 Å². The van der Waals surface area contributed by atoms with Gasteiger partial charge >= 0.3 is 0 Å². The SMILES string of the molecule is Cl.O=C(Nc1ccc(COC2CCCC2)cc1)C1CC(F)(F)CN1. The van der Waals surface area contributed by atoms with Gasteiger partial charge in [-0.2, -0.15) is 0 Å². The van der Waals surface area contributed by atoms with Gasteiger partial charge in [-0.15, -0.1) is 12.4 Å². The van der Waals surface area contributed by atoms with Crippen LogP contribution in [0.25, 0.3) is 0 Å². The van der Waals surface area contributed by atoms with E-state index in [1.165, 1.54) is 12.8 Å². The van der Waals surface area contributed by atoms with Crippen molar-refractivity contribution >= 4 is 24.0 Å². The van der Waals surface area contributed by atoms with Gasteiger partial charge < -0.3 is 10.1 Å². The van der Waals surface area contributed by atoms with Crippen molar-refractivity contribution in [1.29, 1.82) is 0 Å². The topological polar surface area (TPSA) is 50.4 Å². The summed E-state index contributed by atoms with van der Waals surface area (Å²) >= 11 is 0. The van der Waals surface area contributed by atoms with Crippen molar-refractivity contribution in [2.24, 2.45) is 0 Å². The molecule has 2 fully saturated rings. The first-order valence-corrected chi connectivity index (χ1v) is 8.14. The van der Waals surface area contributed by atoms with Gasteiger partial charge in [0.1, 0.15) is 0 Å². The van der Waals surface area contributed by atoms with E-state index in [1.54, 1.807) is 12.1 Å². The van der Waals surface area contributed by atoms with Crippen LogP contribution in [0.5, 0.6) is 0 Å². The molecule has 1 aliphatic heterocycles. The molecule has 1 aromatic rings. The Morgan fingerprint density at radius 2 is 1.92 bits per heavy atom. The number of ether oxygens (including phenoxy) is 1. The van der Waals surface area contributed by atoms with Crippen LogP contribution in [0.1, 0.15) is 37.7 Å². The Morgan fingerprint density at radius 1 is 1.25 bits per heavy atom. The van der Waals surface area contributed by atoms with E-state index in [0.717, 1.165) is 18.4 Å². The molecule has 1 aliphatic carbocycles. The van der Waals surface area contributed by atoms with Crippen molar-refractivity contribution in [3.63, 3.8) is 0 Å². The van der Waals surface area contributed by atoms with Crippen molar-refractivity contribution in [3.05, 3.63) is 29.8 Å². The normalized spacial score (nSPS) is 23.0. The molecule has 1 unspecified atom stereocenters. The van der Waals surface area contributed by atoms with Gasteiger partial charge in [0.2, 0.25) is 5.91 Å². The van der Waals surface area contributed by atoms with Gasteiger partial charge in [-0.25, -0.2) is 8.78 Å². The minimum Gasteiger partial charge on any atom is -0.374 e. The number of anilines is 1. The summed E-state index contributed by atoms with van der Waals surface area (Å²) in [6, 6.07) is 6.49. The molecule has 1 amide bonds. The quantitative estimate of drug-likeness (QED) is 0.845. The molecule has 0 bridgehead atoms. The van der Waals surface area contributed by atoms with Crippen LogP contribution in [0.3, 0.4) is 0 Å². The molecule has 1 saturated carbocycles. The lowest BCUT2D eigenvalue weighted by Crippen LogP contribution is -2.35. The zero-order valence-corrected chi connectivity index (χ0v) is 14.2. The highest BCUT2D eigenvalue weighted by Gasteiger charge is 2.42. The van der Waals surface area contributed by atoms with E-state index in [4.69, 9.17) is 4.74 Å². The average Bonchev–Trinajstić information content (AvgIpc) is 3.16. The molecule has 1 atom stereocenters. The second-order valence-corrected chi connectivity index (χ2v) is 6.40. The van der Waals surface area contributed by atoms with Gasteiger partial charge in [-0.05, 0) is 30.5 Å². The first-order chi connectivity index (χ1) is 11.0. The van der Waals surface area contributed by atoms with Gasteiger partial charge in [-0.1, -0.05) is 25.0 Å². The first-order valence-electron chi connectivity index (χ1n) is 8.14. The summed E-state index contributed by atoms with van der Waals surface area (Å²) in [6.07, 6.45) is 4.66. The second kappa shape index (κ2) is 8.23. The molecule has 4 nitrogen and oxygen atoms in total. The number of benzene rings is 1. The van der Waals surface area contributed by atoms with Crippen LogP contribution in [0.4, 0.5) is 14.5 Å². The lowest BCUT2D eigenvalue weighted by molar-refractivity contribution is -0.118. The average molecular weight is 361 g/mol. The van der Waals surface area contributed by atoms with Gasteiger partial charge in [0.25, 0.3) is 5.92 Å². The molecule has 2 aliphatic rings. The Kier molecular flexibility index (Phi) is 6.54. The molecule has 1 heterocycles. The molecule has 0 radical (unpaired) electrons. The van der Waals surface area contributed by atoms with E-state index in [0.29, 0.717) is 18.4 Å². The number of alkyl halides is 2. The van der Waals surface area contributed by atoms with Crippen LogP contribution in [-0.2, 0) is 16.1 Å². The zero-order valence-electron chi connectivity index (χ0n) is 13.4. The molecule has 7 heteroatoms. The maximum absolute atomic E-state index is 13.1. The van der Waals surface area contributed by atoms with Gasteiger partial charge in [-0.3, -0.25) is 10.1 Å². The Bertz CT molecular complexity index is 548. The van der Waals surface area contributed by atoms with Gasteiger partial charge in [0, 0.05) is 12.1 Å². The molecule has 24 heavy (non-hydrogen) atoms. The van der Waals surface area contributed by atoms with Crippen LogP contribution in [0, 0.1) is 0 Å². The number of carbonyl (C=O) groups is 1. The fourth-order valence-electron chi connectivity index (χ4n) is 3.08. The number of nitrogens with one attached hydrogen (secondary N) is 2. The van der Waals surface area contributed by atoms with Crippen LogP contribution in [0.2, 0.25) is 0 Å². The summed E-state index contributed by atoms with van der Waals surface area (Å²) in [5.74, 6) is -3.22. The molecule has 3 rings (SSSR count). The predicted octanol–water partition coefficient (Wildman–Crippen LogP) is 3.50. The number of carbonyl (C=O) groups excluding carboxylic acids is 1. The number of amides is 1. The van der Waals surface area contributed by atoms with E-state index in [-0.39, 0.29) is 12.4 Å². The van der Waals surface area contributed by atoms with E-state index < -0.39 is 30.8 Å². The van der Waals surface area contributed by atoms with Crippen molar-refractivity contribution in [3.8, 4) is 0 Å². The van der Waals surface area contributed by atoms with E-state index in [2.05, 4.69) is 10.6 Å². The standard InChI is InChI=1S/C17H22F2N2O2.ClH/c18-17(19)9-15(20-11-17)16(22)21-13-7-5-12(6-8-13)10-23-14-3-1-2-4-14;/h5-8,14-15,20H,1-4,9-11H2,(H,21,22);1H. The summed E-state index contributed by atoms with van der Waals surface area (Å²) < 4.78 is 32.0. The lowest BCUT2D eigenvalue weighted by Gasteiger charge is -2.13. The fraction of sp³-hybridized carbons (Fsp3) is 0.588. The number of rotatable bonds is 5. The maximum atomic E-state index is 13.1. The first kappa shape index (κ1) is 19.1. The van der Waals surface area contributed by atoms with Crippen molar-refractivity contribution < 1.29 is 18.3 Å². The van der Waals surface area contributed by atoms with Crippen molar-refractivity contribution in [2.45, 2.75) is 56.8 Å². The molecule has 134 valence electrons. The summed E-state index contributed by atoms with van der Waals surface area (Å²) in [5, 5.41) is 5.22. The summed E-state index contributed by atoms with van der Waals surface area (Å²) in [6.45, 7) is 0.123. The maximum Gasteiger partial charge on any atom is 0.262 e.